The van der Waals surface area contributed by atoms with Gasteiger partial charge in [0.25, 0.3) is 0 Å². The predicted octanol–water partition coefficient (Wildman–Crippen LogP) is 2.41. The monoisotopic (exact) mass is 276 g/mol. The smallest absolute Gasteiger partial charge is 0.106 e. The number of hydrogen-bond donors (Lipinski definition) is 1. The van der Waals surface area contributed by atoms with Gasteiger partial charge in [0.2, 0.25) is 0 Å². The first kappa shape index (κ1) is 12.7. The molecule has 0 unspecified atom stereocenters. The molecule has 19 heavy (non-hydrogen) atoms. The molecule has 0 saturated carbocycles. The lowest BCUT2D eigenvalue weighted by atomic mass is 9.99. The normalized spacial score (nSPS) is 20.1. The van der Waals surface area contributed by atoms with Crippen LogP contribution in [0.5, 0.6) is 0 Å². The van der Waals surface area contributed by atoms with E-state index in [4.69, 9.17) is 5.73 Å². The van der Waals surface area contributed by atoms with Gasteiger partial charge < -0.3 is 10.6 Å². The average molecular weight is 276 g/mol. The first-order valence-corrected chi connectivity index (χ1v) is 7.45. The molecule has 3 rings (SSSR count). The number of rotatable bonds is 1. The molecule has 5 heteroatoms. The summed E-state index contributed by atoms with van der Waals surface area (Å²) in [6.45, 7) is 7.61. The van der Waals surface area contributed by atoms with Crippen LogP contribution in [0, 0.1) is 0 Å². The second-order valence-corrected chi connectivity index (χ2v) is 6.74. The largest absolute Gasteiger partial charge is 0.395 e. The van der Waals surface area contributed by atoms with Crippen molar-refractivity contribution in [3.05, 3.63) is 17.6 Å². The van der Waals surface area contributed by atoms with E-state index in [1.807, 2.05) is 5.51 Å². The third kappa shape index (κ3) is 2.07. The molecule has 1 aromatic heterocycles. The molecule has 0 radical (unpaired) electrons. The number of nitrogen functional groups attached to an aromatic ring is 1. The summed E-state index contributed by atoms with van der Waals surface area (Å²) in [4.78, 5) is 9.17. The van der Waals surface area contributed by atoms with E-state index in [1.165, 1.54) is 0 Å². The van der Waals surface area contributed by atoms with Crippen LogP contribution in [0.25, 0.3) is 10.2 Å². The standard InChI is InChI=1S/C14H20N4S/c1-14(2)8-18(7-6-17(14)3)10-4-5-11-13(12(10)15)16-9-19-11/h4-5,9H,6-8,15H2,1-3H3. The van der Waals surface area contributed by atoms with Crippen LogP contribution in [0.3, 0.4) is 0 Å². The zero-order valence-corrected chi connectivity index (χ0v) is 12.5. The Morgan fingerprint density at radius 1 is 1.32 bits per heavy atom. The molecule has 2 aromatic rings. The fourth-order valence-corrected chi connectivity index (χ4v) is 3.36. The van der Waals surface area contributed by atoms with Crippen molar-refractivity contribution < 1.29 is 0 Å². The zero-order valence-electron chi connectivity index (χ0n) is 11.7. The molecule has 102 valence electrons. The van der Waals surface area contributed by atoms with E-state index in [0.29, 0.717) is 0 Å². The number of nitrogens with zero attached hydrogens (tertiary/aromatic N) is 3. The third-order valence-corrected chi connectivity index (χ3v) is 4.97. The number of likely N-dealkylation sites (N-methyl/N-ethyl adjacent to an activating group) is 1. The van der Waals surface area contributed by atoms with Crippen molar-refractivity contribution in [2.45, 2.75) is 19.4 Å². The number of piperazine rings is 1. The van der Waals surface area contributed by atoms with E-state index in [2.05, 4.69) is 47.8 Å². The van der Waals surface area contributed by atoms with Gasteiger partial charge in [-0.05, 0) is 33.0 Å². The van der Waals surface area contributed by atoms with Gasteiger partial charge in [-0.25, -0.2) is 4.98 Å². The molecule has 2 heterocycles. The molecule has 1 aromatic carbocycles. The second-order valence-electron chi connectivity index (χ2n) is 5.85. The molecule has 0 aliphatic carbocycles. The zero-order chi connectivity index (χ0) is 13.6. The molecule has 1 aliphatic heterocycles. The van der Waals surface area contributed by atoms with Crippen LogP contribution in [-0.2, 0) is 0 Å². The molecular formula is C14H20N4S. The van der Waals surface area contributed by atoms with Gasteiger partial charge in [0, 0.05) is 25.2 Å². The first-order chi connectivity index (χ1) is 8.99. The minimum atomic E-state index is 0.168. The Balaban J connectivity index is 1.98. The maximum absolute atomic E-state index is 6.31. The van der Waals surface area contributed by atoms with Crippen molar-refractivity contribution in [2.75, 3.05) is 37.3 Å². The van der Waals surface area contributed by atoms with Gasteiger partial charge >= 0.3 is 0 Å². The molecule has 2 N–H and O–H groups in total. The average Bonchev–Trinajstić information content (AvgIpc) is 2.82. The number of nitrogens with two attached hydrogens (primary N) is 1. The fourth-order valence-electron chi connectivity index (χ4n) is 2.66. The number of aromatic nitrogens is 1. The second kappa shape index (κ2) is 4.35. The van der Waals surface area contributed by atoms with Crippen LogP contribution in [0.1, 0.15) is 13.8 Å². The summed E-state index contributed by atoms with van der Waals surface area (Å²) in [5.41, 5.74) is 11.2. The SMILES string of the molecule is CN1CCN(c2ccc3scnc3c2N)CC1(C)C. The van der Waals surface area contributed by atoms with Gasteiger partial charge in [-0.15, -0.1) is 11.3 Å². The molecule has 0 spiro atoms. The summed E-state index contributed by atoms with van der Waals surface area (Å²) >= 11 is 1.64. The Labute approximate surface area is 117 Å². The summed E-state index contributed by atoms with van der Waals surface area (Å²) in [6, 6.07) is 4.27. The van der Waals surface area contributed by atoms with Gasteiger partial charge in [0.1, 0.15) is 5.52 Å². The van der Waals surface area contributed by atoms with Crippen LogP contribution in [-0.4, -0.2) is 42.1 Å². The van der Waals surface area contributed by atoms with Gasteiger partial charge in [-0.1, -0.05) is 0 Å². The van der Waals surface area contributed by atoms with Crippen molar-refractivity contribution in [3.8, 4) is 0 Å². The Morgan fingerprint density at radius 3 is 2.84 bits per heavy atom. The van der Waals surface area contributed by atoms with Crippen LogP contribution in [0.2, 0.25) is 0 Å². The van der Waals surface area contributed by atoms with Gasteiger partial charge in [0.15, 0.2) is 0 Å². The quantitative estimate of drug-likeness (QED) is 0.813. The van der Waals surface area contributed by atoms with E-state index in [-0.39, 0.29) is 5.54 Å². The van der Waals surface area contributed by atoms with Gasteiger partial charge in [-0.2, -0.15) is 0 Å². The Hall–Kier alpha value is -1.33. The minimum absolute atomic E-state index is 0.168. The van der Waals surface area contributed by atoms with Crippen LogP contribution in [0.15, 0.2) is 17.6 Å². The summed E-state index contributed by atoms with van der Waals surface area (Å²) in [7, 11) is 2.18. The van der Waals surface area contributed by atoms with Gasteiger partial charge in [-0.3, -0.25) is 4.90 Å². The predicted molar refractivity (Wildman–Crippen MR) is 83.0 cm³/mol. The molecule has 1 aliphatic rings. The van der Waals surface area contributed by atoms with Crippen LogP contribution >= 0.6 is 11.3 Å². The highest BCUT2D eigenvalue weighted by molar-refractivity contribution is 7.16. The van der Waals surface area contributed by atoms with Gasteiger partial charge in [0.05, 0.1) is 21.6 Å². The lowest BCUT2D eigenvalue weighted by Gasteiger charge is -2.46. The van der Waals surface area contributed by atoms with E-state index >= 15 is 0 Å². The molecule has 0 atom stereocenters. The number of fused-ring (bicyclic) bond motifs is 1. The van der Waals surface area contributed by atoms with Crippen molar-refractivity contribution in [2.24, 2.45) is 0 Å². The summed E-state index contributed by atoms with van der Waals surface area (Å²) in [6.07, 6.45) is 0. The van der Waals surface area contributed by atoms with Crippen molar-refractivity contribution >= 4 is 32.9 Å². The first-order valence-electron chi connectivity index (χ1n) is 6.57. The van der Waals surface area contributed by atoms with Crippen molar-refractivity contribution in [1.29, 1.82) is 0 Å². The lowest BCUT2D eigenvalue weighted by molar-refractivity contribution is 0.139. The summed E-state index contributed by atoms with van der Waals surface area (Å²) in [5.74, 6) is 0. The van der Waals surface area contributed by atoms with E-state index in [1.54, 1.807) is 11.3 Å². The third-order valence-electron chi connectivity index (χ3n) is 4.18. The highest BCUT2D eigenvalue weighted by atomic mass is 32.1. The highest BCUT2D eigenvalue weighted by Crippen LogP contribution is 2.34. The maximum Gasteiger partial charge on any atom is 0.106 e. The minimum Gasteiger partial charge on any atom is -0.395 e. The molecular weight excluding hydrogens is 256 g/mol. The molecule has 1 fully saturated rings. The highest BCUT2D eigenvalue weighted by Gasteiger charge is 2.31. The molecule has 0 bridgehead atoms. The van der Waals surface area contributed by atoms with E-state index < -0.39 is 0 Å². The Bertz CT molecular complexity index is 605. The Kier molecular flexibility index (Phi) is 2.91. The maximum atomic E-state index is 6.31. The summed E-state index contributed by atoms with van der Waals surface area (Å²) in [5, 5.41) is 0. The van der Waals surface area contributed by atoms with Crippen LogP contribution in [0.4, 0.5) is 11.4 Å². The lowest BCUT2D eigenvalue weighted by Crippen LogP contribution is -2.57. The topological polar surface area (TPSA) is 45.4 Å². The number of hydrogen-bond acceptors (Lipinski definition) is 5. The van der Waals surface area contributed by atoms with E-state index in [9.17, 15) is 0 Å². The Morgan fingerprint density at radius 2 is 2.11 bits per heavy atom. The van der Waals surface area contributed by atoms with E-state index in [0.717, 1.165) is 41.2 Å². The number of benzene rings is 1. The fraction of sp³-hybridized carbons (Fsp3) is 0.500. The number of anilines is 2. The molecule has 4 nitrogen and oxygen atoms in total. The molecule has 1 saturated heterocycles. The summed E-state index contributed by atoms with van der Waals surface area (Å²) < 4.78 is 1.16. The van der Waals surface area contributed by atoms with Crippen molar-refractivity contribution in [1.82, 2.24) is 9.88 Å². The van der Waals surface area contributed by atoms with Crippen LogP contribution < -0.4 is 10.6 Å². The molecule has 0 amide bonds. The number of thiazole rings is 1. The van der Waals surface area contributed by atoms with Crippen molar-refractivity contribution in [3.63, 3.8) is 0 Å².